The fourth-order valence-corrected chi connectivity index (χ4v) is 3.32. The molecule has 0 atom stereocenters. The van der Waals surface area contributed by atoms with E-state index in [2.05, 4.69) is 103 Å². The molecule has 4 heteroatoms. The van der Waals surface area contributed by atoms with Crippen molar-refractivity contribution in [3.05, 3.63) is 83.0 Å². The zero-order valence-electron chi connectivity index (χ0n) is 20.9. The van der Waals surface area contributed by atoms with Gasteiger partial charge in [-0.25, -0.2) is 12.2 Å². The van der Waals surface area contributed by atoms with Crippen LogP contribution in [0.15, 0.2) is 48.6 Å². The molecule has 0 fully saturated rings. The summed E-state index contributed by atoms with van der Waals surface area (Å²) in [7, 11) is 0.750. The maximum absolute atomic E-state index is 3.53. The van der Waals surface area contributed by atoms with Crippen molar-refractivity contribution < 1.29 is 51.0 Å². The van der Waals surface area contributed by atoms with Crippen LogP contribution in [-0.4, -0.2) is 9.52 Å². The molecular weight excluding hydrogens is 527 g/mol. The van der Waals surface area contributed by atoms with Crippen LogP contribution in [-0.2, 0) is 43.5 Å². The Morgan fingerprint density at radius 3 is 1.84 bits per heavy atom. The molecule has 0 amide bonds. The number of halogens is 2. The molecule has 171 valence electrons. The number of hydrogen-bond acceptors (Lipinski definition) is 0. The second kappa shape index (κ2) is 14.8. The minimum atomic E-state index is 0. The number of fused-ring (bicyclic) bond motifs is 3. The number of hydrogen-bond donors (Lipinski definition) is 0. The van der Waals surface area contributed by atoms with Gasteiger partial charge in [0.15, 0.2) is 0 Å². The third-order valence-corrected chi connectivity index (χ3v) is 5.11. The zero-order valence-corrected chi connectivity index (χ0v) is 26.0. The minimum absolute atomic E-state index is 0. The van der Waals surface area contributed by atoms with E-state index < -0.39 is 0 Å². The first kappa shape index (κ1) is 33.8. The van der Waals surface area contributed by atoms with E-state index in [1.807, 2.05) is 12.2 Å². The van der Waals surface area contributed by atoms with Gasteiger partial charge < -0.3 is 24.8 Å². The van der Waals surface area contributed by atoms with E-state index >= 15 is 0 Å². The third kappa shape index (κ3) is 9.46. The summed E-state index contributed by atoms with van der Waals surface area (Å²) in [6.45, 7) is 18.1. The molecule has 0 heterocycles. The van der Waals surface area contributed by atoms with E-state index in [0.29, 0.717) is 0 Å². The fraction of sp³-hybridized carbons (Fsp3) is 0.429. The quantitative estimate of drug-likeness (QED) is 0.287. The first-order valence-electron chi connectivity index (χ1n) is 10.7. The Labute approximate surface area is 231 Å². The summed E-state index contributed by atoms with van der Waals surface area (Å²) in [5, 5.41) is 0. The van der Waals surface area contributed by atoms with Gasteiger partial charge in [-0.1, -0.05) is 89.4 Å². The van der Waals surface area contributed by atoms with Gasteiger partial charge in [-0.3, -0.25) is 6.08 Å². The maximum atomic E-state index is 3.53. The van der Waals surface area contributed by atoms with E-state index in [9.17, 15) is 0 Å². The predicted octanol–water partition coefficient (Wildman–Crippen LogP) is 1.48. The monoisotopic (exact) mass is 561 g/mol. The van der Waals surface area contributed by atoms with Crippen molar-refractivity contribution in [3.8, 4) is 11.1 Å². The van der Waals surface area contributed by atoms with Crippen molar-refractivity contribution >= 4 is 9.52 Å². The Hall–Kier alpha value is -0.400. The van der Waals surface area contributed by atoms with Gasteiger partial charge in [0, 0.05) is 9.52 Å². The van der Waals surface area contributed by atoms with E-state index in [1.54, 1.807) is 0 Å². The zero-order chi connectivity index (χ0) is 21.7. The molecular formula is C28H37Cl2SiZr. The Balaban J connectivity index is 0. The molecule has 0 bridgehead atoms. The summed E-state index contributed by atoms with van der Waals surface area (Å²) < 4.78 is 0. The van der Waals surface area contributed by atoms with E-state index in [4.69, 9.17) is 0 Å². The van der Waals surface area contributed by atoms with Crippen LogP contribution in [0.5, 0.6) is 0 Å². The topological polar surface area (TPSA) is 0 Å². The van der Waals surface area contributed by atoms with Crippen molar-refractivity contribution in [3.63, 3.8) is 0 Å². The number of allylic oxidation sites excluding steroid dienone is 4. The first-order valence-corrected chi connectivity index (χ1v) is 13.0. The molecule has 4 rings (SSSR count). The summed E-state index contributed by atoms with van der Waals surface area (Å²) in [5.41, 5.74) is 8.76. The van der Waals surface area contributed by atoms with Gasteiger partial charge in [0.2, 0.25) is 0 Å². The van der Waals surface area contributed by atoms with Crippen LogP contribution in [0, 0.1) is 12.1 Å². The molecule has 2 aromatic rings. The molecule has 0 spiro atoms. The molecule has 1 radical (unpaired) electrons. The third-order valence-electron chi connectivity index (χ3n) is 5.11. The largest absolute Gasteiger partial charge is 4.00 e. The molecule has 0 saturated heterocycles. The molecule has 0 aliphatic heterocycles. The smallest absolute Gasteiger partial charge is 1.00 e. The average molecular weight is 564 g/mol. The maximum Gasteiger partial charge on any atom is 4.00 e. The van der Waals surface area contributed by atoms with Crippen LogP contribution in [0.2, 0.25) is 13.1 Å². The second-order valence-electron chi connectivity index (χ2n) is 9.91. The normalized spacial score (nSPS) is 12.5. The molecule has 32 heavy (non-hydrogen) atoms. The molecule has 2 aromatic carbocycles. The Morgan fingerprint density at radius 1 is 0.844 bits per heavy atom. The molecule has 0 nitrogen and oxygen atoms in total. The van der Waals surface area contributed by atoms with Gasteiger partial charge in [0.25, 0.3) is 0 Å². The van der Waals surface area contributed by atoms with Gasteiger partial charge in [0.1, 0.15) is 0 Å². The predicted molar refractivity (Wildman–Crippen MR) is 131 cm³/mol. The van der Waals surface area contributed by atoms with Gasteiger partial charge in [-0.15, -0.1) is 12.0 Å². The van der Waals surface area contributed by atoms with Crippen LogP contribution < -0.4 is 24.8 Å². The van der Waals surface area contributed by atoms with Crippen LogP contribution >= 0.6 is 0 Å². The summed E-state index contributed by atoms with van der Waals surface area (Å²) in [6.07, 6.45) is 11.0. The first-order chi connectivity index (χ1) is 13.6. The molecule has 2 aliphatic rings. The summed E-state index contributed by atoms with van der Waals surface area (Å²) in [5.74, 6) is 0. The van der Waals surface area contributed by atoms with Crippen LogP contribution in [0.1, 0.15) is 70.2 Å². The average Bonchev–Trinajstić information content (AvgIpc) is 3.31. The molecule has 0 aromatic heterocycles. The SMILES string of the molecule is CC(C)(C)c1c[c-]c2c(c1)-c1cc(C(C)(C)C)ccc1C2.C[SiH]C.[C-]1=CC=CC1.[Cl-].[Cl-].[Zr+4]. The van der Waals surface area contributed by atoms with E-state index in [1.165, 1.54) is 33.4 Å². The van der Waals surface area contributed by atoms with Gasteiger partial charge in [0.05, 0.1) is 0 Å². The molecule has 0 N–H and O–H groups in total. The van der Waals surface area contributed by atoms with Crippen molar-refractivity contribution in [1.29, 1.82) is 0 Å². The van der Waals surface area contributed by atoms with E-state index in [-0.39, 0.29) is 61.8 Å². The van der Waals surface area contributed by atoms with Gasteiger partial charge in [-0.05, 0) is 17.4 Å². The molecule has 0 unspecified atom stereocenters. The Morgan fingerprint density at radius 2 is 1.41 bits per heavy atom. The molecule has 2 aliphatic carbocycles. The van der Waals surface area contributed by atoms with Crippen LogP contribution in [0.4, 0.5) is 0 Å². The van der Waals surface area contributed by atoms with Gasteiger partial charge in [-0.2, -0.15) is 35.4 Å². The summed E-state index contributed by atoms with van der Waals surface area (Å²) in [4.78, 5) is 0. The number of rotatable bonds is 0. The fourth-order valence-electron chi connectivity index (χ4n) is 3.32. The van der Waals surface area contributed by atoms with Crippen molar-refractivity contribution in [2.45, 2.75) is 78.3 Å². The summed E-state index contributed by atoms with van der Waals surface area (Å²) >= 11 is 0. The standard InChI is InChI=1S/C21H25.C5H5.C2H7Si.2ClH.Zr/c1-20(2,3)16-9-7-14-11-15-8-10-17(21(4,5)6)13-19(15)18(14)12-16;1-2-4-5-3-1;1-3-2;;;/h7,9-10,12-13H,11H2,1-6H3;1-3H,4H2;3H,1-2H3;2*1H;/q2*-1;;;;+4/p-2. The second-order valence-corrected chi connectivity index (χ2v) is 11.1. The van der Waals surface area contributed by atoms with Crippen LogP contribution in [0.25, 0.3) is 11.1 Å². The van der Waals surface area contributed by atoms with Crippen molar-refractivity contribution in [1.82, 2.24) is 0 Å². The van der Waals surface area contributed by atoms with Gasteiger partial charge >= 0.3 is 26.2 Å². The van der Waals surface area contributed by atoms with Crippen molar-refractivity contribution in [2.75, 3.05) is 0 Å². The molecule has 0 saturated carbocycles. The summed E-state index contributed by atoms with van der Waals surface area (Å²) in [6, 6.07) is 15.1. The minimum Gasteiger partial charge on any atom is -1.00 e. The van der Waals surface area contributed by atoms with Crippen LogP contribution in [0.3, 0.4) is 0 Å². The van der Waals surface area contributed by atoms with E-state index in [0.717, 1.165) is 22.4 Å². The Kier molecular flexibility index (Phi) is 15.6. The Bertz CT molecular complexity index is 816. The van der Waals surface area contributed by atoms with Crippen molar-refractivity contribution in [2.24, 2.45) is 0 Å². The number of benzene rings is 2.